The minimum absolute atomic E-state index is 0.332. The Kier molecular flexibility index (Phi) is 3.94. The van der Waals surface area contributed by atoms with Crippen molar-refractivity contribution in [1.82, 2.24) is 0 Å². The SMILES string of the molecule is CC(O)(CN)C1=CCCCCCC1. The van der Waals surface area contributed by atoms with E-state index in [1.54, 1.807) is 0 Å². The highest BCUT2D eigenvalue weighted by Gasteiger charge is 2.23. The first-order chi connectivity index (χ1) is 6.17. The number of rotatable bonds is 2. The van der Waals surface area contributed by atoms with Crippen LogP contribution >= 0.6 is 0 Å². The van der Waals surface area contributed by atoms with Crippen LogP contribution in [0.4, 0.5) is 0 Å². The zero-order valence-electron chi connectivity index (χ0n) is 8.55. The molecule has 1 unspecified atom stereocenters. The molecule has 1 atom stereocenters. The van der Waals surface area contributed by atoms with E-state index in [-0.39, 0.29) is 0 Å². The number of allylic oxidation sites excluding steroid dienone is 1. The van der Waals surface area contributed by atoms with Gasteiger partial charge in [0, 0.05) is 6.54 Å². The van der Waals surface area contributed by atoms with Gasteiger partial charge >= 0.3 is 0 Å². The molecule has 1 aliphatic carbocycles. The molecule has 0 saturated carbocycles. The zero-order valence-corrected chi connectivity index (χ0v) is 8.55. The maximum atomic E-state index is 9.97. The fourth-order valence-electron chi connectivity index (χ4n) is 1.81. The van der Waals surface area contributed by atoms with Gasteiger partial charge in [0.15, 0.2) is 0 Å². The summed E-state index contributed by atoms with van der Waals surface area (Å²) in [6.45, 7) is 2.15. The average Bonchev–Trinajstić information content (AvgIpc) is 2.03. The Morgan fingerprint density at radius 2 is 2.08 bits per heavy atom. The first-order valence-corrected chi connectivity index (χ1v) is 5.29. The summed E-state index contributed by atoms with van der Waals surface area (Å²) in [5.41, 5.74) is 5.92. The van der Waals surface area contributed by atoms with Crippen LogP contribution in [-0.2, 0) is 0 Å². The summed E-state index contributed by atoms with van der Waals surface area (Å²) in [5, 5.41) is 9.97. The molecule has 2 heteroatoms. The van der Waals surface area contributed by atoms with Crippen LogP contribution in [0.5, 0.6) is 0 Å². The molecule has 76 valence electrons. The van der Waals surface area contributed by atoms with Crippen molar-refractivity contribution in [3.8, 4) is 0 Å². The molecule has 2 nitrogen and oxygen atoms in total. The number of aliphatic hydroxyl groups is 1. The molecule has 3 N–H and O–H groups in total. The third-order valence-corrected chi connectivity index (χ3v) is 2.88. The van der Waals surface area contributed by atoms with E-state index in [4.69, 9.17) is 5.73 Å². The summed E-state index contributed by atoms with van der Waals surface area (Å²) >= 11 is 0. The second-order valence-electron chi connectivity index (χ2n) is 4.16. The molecule has 0 aromatic heterocycles. The molecule has 0 aliphatic heterocycles. The van der Waals surface area contributed by atoms with Gasteiger partial charge in [0.05, 0.1) is 5.60 Å². The Bertz CT molecular complexity index is 185. The van der Waals surface area contributed by atoms with Crippen molar-refractivity contribution in [1.29, 1.82) is 0 Å². The predicted molar refractivity (Wildman–Crippen MR) is 55.5 cm³/mol. The molecule has 0 fully saturated rings. The van der Waals surface area contributed by atoms with E-state index in [0.717, 1.165) is 18.4 Å². The molecule has 1 rings (SSSR count). The molecule has 0 saturated heterocycles. The maximum Gasteiger partial charge on any atom is 0.0950 e. The quantitative estimate of drug-likeness (QED) is 0.643. The standard InChI is InChI=1S/C11H21NO/c1-11(13,9-12)10-7-5-3-2-4-6-8-10/h7,13H,2-6,8-9,12H2,1H3. The van der Waals surface area contributed by atoms with Crippen molar-refractivity contribution in [2.45, 2.75) is 51.0 Å². The van der Waals surface area contributed by atoms with Crippen molar-refractivity contribution in [2.75, 3.05) is 6.54 Å². The van der Waals surface area contributed by atoms with E-state index in [1.807, 2.05) is 6.92 Å². The van der Waals surface area contributed by atoms with E-state index in [2.05, 4.69) is 6.08 Å². The van der Waals surface area contributed by atoms with Crippen LogP contribution in [0.25, 0.3) is 0 Å². The van der Waals surface area contributed by atoms with Crippen molar-refractivity contribution < 1.29 is 5.11 Å². The lowest BCUT2D eigenvalue weighted by molar-refractivity contribution is 0.103. The Labute approximate surface area is 80.8 Å². The molecule has 13 heavy (non-hydrogen) atoms. The smallest absolute Gasteiger partial charge is 0.0950 e. The molecule has 0 spiro atoms. The highest BCUT2D eigenvalue weighted by atomic mass is 16.3. The minimum Gasteiger partial charge on any atom is -0.384 e. The van der Waals surface area contributed by atoms with Crippen molar-refractivity contribution in [2.24, 2.45) is 5.73 Å². The molecule has 0 radical (unpaired) electrons. The van der Waals surface area contributed by atoms with Crippen molar-refractivity contribution >= 4 is 0 Å². The summed E-state index contributed by atoms with van der Waals surface area (Å²) in [6, 6.07) is 0. The second kappa shape index (κ2) is 4.77. The van der Waals surface area contributed by atoms with E-state index >= 15 is 0 Å². The summed E-state index contributed by atoms with van der Waals surface area (Å²) in [7, 11) is 0. The van der Waals surface area contributed by atoms with Gasteiger partial charge in [-0.1, -0.05) is 18.9 Å². The fourth-order valence-corrected chi connectivity index (χ4v) is 1.81. The van der Waals surface area contributed by atoms with E-state index in [0.29, 0.717) is 6.54 Å². The third-order valence-electron chi connectivity index (χ3n) is 2.88. The van der Waals surface area contributed by atoms with Gasteiger partial charge in [-0.25, -0.2) is 0 Å². The van der Waals surface area contributed by atoms with Crippen LogP contribution in [-0.4, -0.2) is 17.3 Å². The maximum absolute atomic E-state index is 9.97. The first kappa shape index (κ1) is 10.7. The van der Waals surface area contributed by atoms with E-state index < -0.39 is 5.60 Å². The normalized spacial score (nSPS) is 24.1. The number of hydrogen-bond acceptors (Lipinski definition) is 2. The molecular weight excluding hydrogens is 162 g/mol. The van der Waals surface area contributed by atoms with Crippen molar-refractivity contribution in [3.63, 3.8) is 0 Å². The zero-order chi connectivity index (χ0) is 9.73. The Balaban J connectivity index is 2.63. The van der Waals surface area contributed by atoms with Gasteiger partial charge in [-0.05, 0) is 38.2 Å². The van der Waals surface area contributed by atoms with Crippen LogP contribution in [0.15, 0.2) is 11.6 Å². The Morgan fingerprint density at radius 1 is 1.38 bits per heavy atom. The van der Waals surface area contributed by atoms with Gasteiger partial charge in [-0.3, -0.25) is 0 Å². The lowest BCUT2D eigenvalue weighted by Gasteiger charge is -2.26. The molecule has 0 aromatic rings. The third kappa shape index (κ3) is 3.12. The van der Waals surface area contributed by atoms with Crippen LogP contribution in [0.3, 0.4) is 0 Å². The van der Waals surface area contributed by atoms with Gasteiger partial charge in [-0.2, -0.15) is 0 Å². The highest BCUT2D eigenvalue weighted by Crippen LogP contribution is 2.25. The second-order valence-corrected chi connectivity index (χ2v) is 4.16. The van der Waals surface area contributed by atoms with Crippen molar-refractivity contribution in [3.05, 3.63) is 11.6 Å². The van der Waals surface area contributed by atoms with Gasteiger partial charge in [0.2, 0.25) is 0 Å². The van der Waals surface area contributed by atoms with Gasteiger partial charge in [-0.15, -0.1) is 0 Å². The Morgan fingerprint density at radius 3 is 2.77 bits per heavy atom. The summed E-state index contributed by atoms with van der Waals surface area (Å²) < 4.78 is 0. The molecule has 0 bridgehead atoms. The summed E-state index contributed by atoms with van der Waals surface area (Å²) in [4.78, 5) is 0. The van der Waals surface area contributed by atoms with Crippen LogP contribution in [0.2, 0.25) is 0 Å². The number of hydrogen-bond donors (Lipinski definition) is 2. The molecular formula is C11H21NO. The summed E-state index contributed by atoms with van der Waals surface area (Å²) in [5.74, 6) is 0. The predicted octanol–water partition coefficient (Wildman–Crippen LogP) is 1.98. The fraction of sp³-hybridized carbons (Fsp3) is 0.818. The van der Waals surface area contributed by atoms with E-state index in [1.165, 1.54) is 25.7 Å². The summed E-state index contributed by atoms with van der Waals surface area (Å²) in [6.07, 6.45) is 9.38. The van der Waals surface area contributed by atoms with Crippen LogP contribution < -0.4 is 5.73 Å². The topological polar surface area (TPSA) is 46.2 Å². The van der Waals surface area contributed by atoms with Gasteiger partial charge < -0.3 is 10.8 Å². The number of nitrogens with two attached hydrogens (primary N) is 1. The van der Waals surface area contributed by atoms with Crippen LogP contribution in [0, 0.1) is 0 Å². The molecule has 0 amide bonds. The molecule has 1 aliphatic rings. The highest BCUT2D eigenvalue weighted by molar-refractivity contribution is 5.16. The molecule has 0 aromatic carbocycles. The monoisotopic (exact) mass is 183 g/mol. The lowest BCUT2D eigenvalue weighted by atomic mass is 9.88. The minimum atomic E-state index is -0.767. The Hall–Kier alpha value is -0.340. The molecule has 0 heterocycles. The van der Waals surface area contributed by atoms with Gasteiger partial charge in [0.1, 0.15) is 0 Å². The van der Waals surface area contributed by atoms with E-state index in [9.17, 15) is 5.11 Å². The lowest BCUT2D eigenvalue weighted by Crippen LogP contribution is -2.36. The average molecular weight is 183 g/mol. The largest absolute Gasteiger partial charge is 0.384 e. The van der Waals surface area contributed by atoms with Gasteiger partial charge in [0.25, 0.3) is 0 Å². The van der Waals surface area contributed by atoms with Crippen LogP contribution in [0.1, 0.15) is 45.4 Å². The first-order valence-electron chi connectivity index (χ1n) is 5.29.